The molecular weight excluding hydrogens is 583 g/mol. The van der Waals surface area contributed by atoms with Gasteiger partial charge in [0.15, 0.2) is 0 Å². The Hall–Kier alpha value is -4.46. The van der Waals surface area contributed by atoms with E-state index in [4.69, 9.17) is 11.6 Å². The molecule has 0 atom stereocenters. The van der Waals surface area contributed by atoms with Crippen LogP contribution in [0.25, 0.3) is 0 Å². The zero-order chi connectivity index (χ0) is 30.0. The molecule has 216 valence electrons. The van der Waals surface area contributed by atoms with E-state index in [2.05, 4.69) is 12.1 Å². The molecule has 5 aromatic carbocycles. The molecule has 0 heterocycles. The molecule has 0 bridgehead atoms. The van der Waals surface area contributed by atoms with Gasteiger partial charge in [0.1, 0.15) is 10.7 Å². The molecule has 0 aromatic heterocycles. The average molecular weight is 611 g/mol. The summed E-state index contributed by atoms with van der Waals surface area (Å²) in [4.78, 5) is 15.8. The van der Waals surface area contributed by atoms with Gasteiger partial charge in [-0.05, 0) is 84.1 Å². The van der Waals surface area contributed by atoms with Crippen LogP contribution in [0.5, 0.6) is 0 Å². The fourth-order valence-electron chi connectivity index (χ4n) is 5.56. The molecule has 0 radical (unpaired) electrons. The highest BCUT2D eigenvalue weighted by atomic mass is 35.5. The summed E-state index contributed by atoms with van der Waals surface area (Å²) in [6, 6.07) is 36.1. The number of carbonyl (C=O) groups excluding carboxylic acids is 1. The Morgan fingerprint density at radius 1 is 0.744 bits per heavy atom. The molecule has 0 fully saturated rings. The van der Waals surface area contributed by atoms with E-state index in [-0.39, 0.29) is 39.7 Å². The molecule has 5 aromatic rings. The van der Waals surface area contributed by atoms with Crippen LogP contribution in [0.3, 0.4) is 0 Å². The van der Waals surface area contributed by atoms with E-state index in [9.17, 15) is 17.6 Å². The summed E-state index contributed by atoms with van der Waals surface area (Å²) in [7, 11) is -4.30. The van der Waals surface area contributed by atoms with E-state index in [0.29, 0.717) is 12.8 Å². The minimum atomic E-state index is -4.30. The Balaban J connectivity index is 1.40. The van der Waals surface area contributed by atoms with E-state index in [1.165, 1.54) is 51.8 Å². The van der Waals surface area contributed by atoms with Crippen LogP contribution in [0, 0.1) is 5.82 Å². The molecule has 1 aliphatic carbocycles. The molecule has 0 saturated carbocycles. The quantitative estimate of drug-likeness (QED) is 0.181. The van der Waals surface area contributed by atoms with Gasteiger partial charge in [0.05, 0.1) is 17.3 Å². The highest BCUT2D eigenvalue weighted by Crippen LogP contribution is 2.34. The molecule has 0 unspecified atom stereocenters. The van der Waals surface area contributed by atoms with E-state index < -0.39 is 15.8 Å². The predicted octanol–water partition coefficient (Wildman–Crippen LogP) is 7.69. The minimum absolute atomic E-state index is 0.0141. The van der Waals surface area contributed by atoms with Crippen LogP contribution >= 0.6 is 11.6 Å². The molecule has 8 heteroatoms. The number of halogens is 2. The lowest BCUT2D eigenvalue weighted by molar-refractivity contribution is 0.0977. The highest BCUT2D eigenvalue weighted by Gasteiger charge is 2.34. The van der Waals surface area contributed by atoms with Crippen LogP contribution < -0.4 is 9.21 Å². The van der Waals surface area contributed by atoms with Crippen LogP contribution in [0.2, 0.25) is 5.02 Å². The zero-order valence-corrected chi connectivity index (χ0v) is 24.7. The number of benzene rings is 5. The van der Waals surface area contributed by atoms with Crippen LogP contribution in [0.1, 0.15) is 27.0 Å². The van der Waals surface area contributed by atoms with Crippen LogP contribution in [-0.2, 0) is 29.4 Å². The molecule has 43 heavy (non-hydrogen) atoms. The summed E-state index contributed by atoms with van der Waals surface area (Å²) in [5.41, 5.74) is 4.30. The second-order valence-corrected chi connectivity index (χ2v) is 12.7. The average Bonchev–Trinajstić information content (AvgIpc) is 3.45. The Kier molecular flexibility index (Phi) is 8.02. The number of rotatable bonds is 8. The molecule has 1 amide bonds. The van der Waals surface area contributed by atoms with Gasteiger partial charge in [-0.2, -0.15) is 0 Å². The monoisotopic (exact) mass is 610 g/mol. The maximum absolute atomic E-state index is 14.3. The maximum Gasteiger partial charge on any atom is 0.266 e. The van der Waals surface area contributed by atoms with Gasteiger partial charge in [-0.3, -0.25) is 9.10 Å². The fraction of sp³-hybridized carbons (Fsp3) is 0.114. The smallest absolute Gasteiger partial charge is 0.266 e. The SMILES string of the molecule is O=C(c1ccc(Cl)c(S(=O)(=O)N(Cc2ccccc2)c2ccc(F)cc2)c1)N(c1ccccc1)C1Cc2ccccc2C1. The van der Waals surface area contributed by atoms with E-state index in [1.807, 2.05) is 72.8 Å². The first-order valence-electron chi connectivity index (χ1n) is 13.9. The van der Waals surface area contributed by atoms with Gasteiger partial charge in [0, 0.05) is 17.3 Å². The van der Waals surface area contributed by atoms with E-state index >= 15 is 0 Å². The largest absolute Gasteiger partial charge is 0.305 e. The lowest BCUT2D eigenvalue weighted by Crippen LogP contribution is -2.41. The van der Waals surface area contributed by atoms with Crippen molar-refractivity contribution in [2.24, 2.45) is 0 Å². The van der Waals surface area contributed by atoms with Crippen molar-refractivity contribution in [2.75, 3.05) is 9.21 Å². The van der Waals surface area contributed by atoms with Crippen molar-refractivity contribution in [2.45, 2.75) is 30.3 Å². The number of anilines is 2. The predicted molar refractivity (Wildman–Crippen MR) is 169 cm³/mol. The number of hydrogen-bond donors (Lipinski definition) is 0. The Bertz CT molecular complexity index is 1840. The van der Waals surface area contributed by atoms with Gasteiger partial charge in [-0.15, -0.1) is 0 Å². The van der Waals surface area contributed by atoms with Crippen LogP contribution in [0.15, 0.2) is 132 Å². The van der Waals surface area contributed by atoms with Crippen LogP contribution in [-0.4, -0.2) is 20.4 Å². The molecule has 0 N–H and O–H groups in total. The van der Waals surface area contributed by atoms with Gasteiger partial charge in [-0.25, -0.2) is 12.8 Å². The first-order chi connectivity index (χ1) is 20.8. The van der Waals surface area contributed by atoms with Crippen molar-refractivity contribution in [1.82, 2.24) is 0 Å². The van der Waals surface area contributed by atoms with Crippen molar-refractivity contribution < 1.29 is 17.6 Å². The summed E-state index contributed by atoms with van der Waals surface area (Å²) in [5.74, 6) is -0.810. The first-order valence-corrected chi connectivity index (χ1v) is 15.7. The fourth-order valence-corrected chi connectivity index (χ4v) is 7.52. The van der Waals surface area contributed by atoms with Crippen molar-refractivity contribution >= 4 is 38.9 Å². The van der Waals surface area contributed by atoms with Gasteiger partial charge >= 0.3 is 0 Å². The number of carbonyl (C=O) groups is 1. The number of nitrogens with zero attached hydrogens (tertiary/aromatic N) is 2. The van der Waals surface area contributed by atoms with Gasteiger partial charge in [0.2, 0.25) is 0 Å². The number of sulfonamides is 1. The van der Waals surface area contributed by atoms with Crippen molar-refractivity contribution in [3.8, 4) is 0 Å². The third-order valence-corrected chi connectivity index (χ3v) is 9.93. The summed E-state index contributed by atoms with van der Waals surface area (Å²) in [6.45, 7) is -0.0141. The lowest BCUT2D eigenvalue weighted by Gasteiger charge is -2.30. The second kappa shape index (κ2) is 12.0. The molecule has 6 rings (SSSR count). The van der Waals surface area contributed by atoms with Gasteiger partial charge in [0.25, 0.3) is 15.9 Å². The molecule has 0 spiro atoms. The third-order valence-electron chi connectivity index (χ3n) is 7.68. The van der Waals surface area contributed by atoms with E-state index in [0.717, 1.165) is 11.3 Å². The maximum atomic E-state index is 14.3. The standard InChI is InChI=1S/C35H28ClFN2O3S/c36-33-20-15-28(35(40)39(31-13-5-2-6-14-31)32-21-26-11-7-8-12-27(26)22-32)23-34(33)43(41,42)38(24-25-9-3-1-4-10-25)30-18-16-29(37)17-19-30/h1-20,23,32H,21-22,24H2. The zero-order valence-electron chi connectivity index (χ0n) is 23.1. The van der Waals surface area contributed by atoms with Crippen molar-refractivity contribution in [3.63, 3.8) is 0 Å². The number of para-hydroxylation sites is 1. The van der Waals surface area contributed by atoms with E-state index in [1.54, 1.807) is 11.0 Å². The number of fused-ring (bicyclic) bond motifs is 1. The molecule has 0 saturated heterocycles. The summed E-state index contributed by atoms with van der Waals surface area (Å²) in [6.07, 6.45) is 1.37. The third kappa shape index (κ3) is 5.91. The Labute approximate surface area is 255 Å². The summed E-state index contributed by atoms with van der Waals surface area (Å²) >= 11 is 6.54. The molecule has 1 aliphatic rings. The first kappa shape index (κ1) is 28.6. The van der Waals surface area contributed by atoms with Crippen LogP contribution in [0.4, 0.5) is 15.8 Å². The number of amides is 1. The summed E-state index contributed by atoms with van der Waals surface area (Å²) in [5, 5.41) is -0.0174. The topological polar surface area (TPSA) is 57.7 Å². The van der Waals surface area contributed by atoms with Crippen molar-refractivity contribution in [3.05, 3.63) is 160 Å². The Morgan fingerprint density at radius 3 is 1.95 bits per heavy atom. The summed E-state index contributed by atoms with van der Waals surface area (Å²) < 4.78 is 43.6. The van der Waals surface area contributed by atoms with Gasteiger partial charge < -0.3 is 4.90 Å². The normalized spacial score (nSPS) is 13.0. The minimum Gasteiger partial charge on any atom is -0.305 e. The number of hydrogen-bond acceptors (Lipinski definition) is 3. The highest BCUT2D eigenvalue weighted by molar-refractivity contribution is 7.93. The van der Waals surface area contributed by atoms with Gasteiger partial charge in [-0.1, -0.05) is 84.4 Å². The molecule has 0 aliphatic heterocycles. The molecular formula is C35H28ClFN2O3S. The second-order valence-electron chi connectivity index (χ2n) is 10.5. The van der Waals surface area contributed by atoms with Crippen molar-refractivity contribution in [1.29, 1.82) is 0 Å². The molecule has 5 nitrogen and oxygen atoms in total. The lowest BCUT2D eigenvalue weighted by atomic mass is 10.1. The Morgan fingerprint density at radius 2 is 1.33 bits per heavy atom.